The Morgan fingerprint density at radius 3 is 2.61 bits per heavy atom. The Labute approximate surface area is 138 Å². The first-order valence-corrected chi connectivity index (χ1v) is 9.62. The van der Waals surface area contributed by atoms with Gasteiger partial charge in [0, 0.05) is 11.1 Å². The summed E-state index contributed by atoms with van der Waals surface area (Å²) in [5.41, 5.74) is 0.976. The van der Waals surface area contributed by atoms with Crippen LogP contribution in [-0.2, 0) is 14.9 Å². The summed E-state index contributed by atoms with van der Waals surface area (Å²) in [6.07, 6.45) is 2.74. The lowest BCUT2D eigenvalue weighted by Crippen LogP contribution is -2.43. The van der Waals surface area contributed by atoms with Crippen LogP contribution in [0.3, 0.4) is 0 Å². The largest absolute Gasteiger partial charge is 0.399 e. The second-order valence-corrected chi connectivity index (χ2v) is 8.91. The number of rotatable bonds is 5. The predicted molar refractivity (Wildman–Crippen MR) is 91.9 cm³/mol. The molecule has 0 spiro atoms. The highest BCUT2D eigenvalue weighted by molar-refractivity contribution is 7.92. The smallest absolute Gasteiger partial charge is 0.233 e. The van der Waals surface area contributed by atoms with E-state index in [4.69, 9.17) is 4.84 Å². The highest BCUT2D eigenvalue weighted by atomic mass is 32.2. The van der Waals surface area contributed by atoms with E-state index in [1.54, 1.807) is 12.1 Å². The Morgan fingerprint density at radius 1 is 1.30 bits per heavy atom. The molecule has 1 aromatic carbocycles. The molecule has 2 aliphatic rings. The molecule has 23 heavy (non-hydrogen) atoms. The fourth-order valence-corrected chi connectivity index (χ4v) is 6.32. The maximum atomic E-state index is 12.8. The lowest BCUT2D eigenvalue weighted by atomic mass is 9.70. The van der Waals surface area contributed by atoms with E-state index in [0.29, 0.717) is 11.6 Å². The summed E-state index contributed by atoms with van der Waals surface area (Å²) >= 11 is 0. The minimum absolute atomic E-state index is 0.0561. The molecule has 0 aliphatic heterocycles. The predicted octanol–water partition coefficient (Wildman–Crippen LogP) is 3.26. The Bertz CT molecular complexity index is 713. The van der Waals surface area contributed by atoms with Crippen molar-refractivity contribution in [3.8, 4) is 0 Å². The topological polar surface area (TPSA) is 67.8 Å². The molecule has 1 N–H and O–H groups in total. The first-order valence-electron chi connectivity index (χ1n) is 7.97. The summed E-state index contributed by atoms with van der Waals surface area (Å²) in [5.74, 6) is 0.531. The van der Waals surface area contributed by atoms with E-state index in [9.17, 15) is 8.42 Å². The number of oxime groups is 1. The number of sulfonamides is 1. The second-order valence-electron chi connectivity index (χ2n) is 7.19. The highest BCUT2D eigenvalue weighted by Gasteiger charge is 2.64. The van der Waals surface area contributed by atoms with Gasteiger partial charge in [0.1, 0.15) is 7.11 Å². The van der Waals surface area contributed by atoms with Gasteiger partial charge in [-0.1, -0.05) is 37.2 Å². The van der Waals surface area contributed by atoms with Crippen LogP contribution < -0.4 is 4.72 Å². The summed E-state index contributed by atoms with van der Waals surface area (Å²) < 4.78 is 28.2. The van der Waals surface area contributed by atoms with Crippen molar-refractivity contribution < 1.29 is 13.3 Å². The van der Waals surface area contributed by atoms with Gasteiger partial charge in [0.2, 0.25) is 10.0 Å². The third-order valence-electron chi connectivity index (χ3n) is 5.85. The van der Waals surface area contributed by atoms with Crippen molar-refractivity contribution in [2.75, 3.05) is 17.6 Å². The molecule has 2 bridgehead atoms. The van der Waals surface area contributed by atoms with Crippen LogP contribution >= 0.6 is 0 Å². The van der Waals surface area contributed by atoms with Crippen LogP contribution in [-0.4, -0.2) is 27.0 Å². The summed E-state index contributed by atoms with van der Waals surface area (Å²) in [4.78, 5) is 5.00. The van der Waals surface area contributed by atoms with Gasteiger partial charge < -0.3 is 4.84 Å². The average Bonchev–Trinajstić information content (AvgIpc) is 2.82. The van der Waals surface area contributed by atoms with Crippen molar-refractivity contribution in [1.29, 1.82) is 0 Å². The zero-order valence-corrected chi connectivity index (χ0v) is 14.7. The zero-order chi connectivity index (χ0) is 16.7. The third kappa shape index (κ3) is 2.63. The Hall–Kier alpha value is -1.56. The molecule has 0 aromatic heterocycles. The van der Waals surface area contributed by atoms with Gasteiger partial charge in [-0.05, 0) is 42.7 Å². The van der Waals surface area contributed by atoms with Gasteiger partial charge in [-0.2, -0.15) is 0 Å². The minimum atomic E-state index is -3.47. The molecular formula is C17H24N2O3S. The van der Waals surface area contributed by atoms with E-state index in [1.165, 1.54) is 7.11 Å². The molecule has 0 amide bonds. The number of hydrogen-bond donors (Lipinski definition) is 1. The molecule has 126 valence electrons. The summed E-state index contributed by atoms with van der Waals surface area (Å²) in [5, 5.41) is 4.19. The first kappa shape index (κ1) is 16.3. The molecule has 0 heterocycles. The molecule has 3 rings (SSSR count). The van der Waals surface area contributed by atoms with E-state index < -0.39 is 15.4 Å². The van der Waals surface area contributed by atoms with E-state index >= 15 is 0 Å². The zero-order valence-electron chi connectivity index (χ0n) is 13.9. The molecule has 5 nitrogen and oxygen atoms in total. The number of anilines is 1. The number of fused-ring (bicyclic) bond motifs is 2. The Morgan fingerprint density at radius 2 is 2.00 bits per heavy atom. The van der Waals surface area contributed by atoms with Crippen LogP contribution in [0.2, 0.25) is 0 Å². The molecule has 0 saturated heterocycles. The molecular weight excluding hydrogens is 312 g/mol. The normalized spacial score (nSPS) is 30.6. The third-order valence-corrected chi connectivity index (χ3v) is 7.27. The monoisotopic (exact) mass is 336 g/mol. The maximum absolute atomic E-state index is 12.8. The van der Waals surface area contributed by atoms with Crippen molar-refractivity contribution >= 4 is 21.4 Å². The molecule has 2 fully saturated rings. The van der Waals surface area contributed by atoms with Crippen molar-refractivity contribution in [1.82, 2.24) is 0 Å². The number of nitrogens with one attached hydrogen (secondary N) is 1. The second kappa shape index (κ2) is 5.51. The quantitative estimate of drug-likeness (QED) is 0.839. The standard InChI is InChI=1S/C17H24N2O3S/c1-16(2)13-9-10-17(16,15(11-13)18-22-3)12-23(20,21)19-14-7-5-4-6-8-14/h4-8,13,19H,9-12H2,1-3H3. The van der Waals surface area contributed by atoms with Crippen LogP contribution in [0, 0.1) is 16.7 Å². The minimum Gasteiger partial charge on any atom is -0.399 e. The van der Waals surface area contributed by atoms with Crippen LogP contribution in [0.15, 0.2) is 35.5 Å². The summed E-state index contributed by atoms with van der Waals surface area (Å²) in [6.45, 7) is 4.34. The van der Waals surface area contributed by atoms with Crippen LogP contribution in [0.4, 0.5) is 5.69 Å². The number of benzene rings is 1. The molecule has 6 heteroatoms. The van der Waals surface area contributed by atoms with Crippen molar-refractivity contribution in [3.05, 3.63) is 30.3 Å². The van der Waals surface area contributed by atoms with Gasteiger partial charge >= 0.3 is 0 Å². The molecule has 2 unspecified atom stereocenters. The van der Waals surface area contributed by atoms with Crippen LogP contribution in [0.25, 0.3) is 0 Å². The van der Waals surface area contributed by atoms with Gasteiger partial charge in [0.05, 0.1) is 11.5 Å². The van der Waals surface area contributed by atoms with Gasteiger partial charge in [0.15, 0.2) is 0 Å². The van der Waals surface area contributed by atoms with Crippen molar-refractivity contribution in [3.63, 3.8) is 0 Å². The van der Waals surface area contributed by atoms with Gasteiger partial charge in [-0.25, -0.2) is 8.42 Å². The summed E-state index contributed by atoms with van der Waals surface area (Å²) in [6, 6.07) is 9.02. The number of nitrogens with zero attached hydrogens (tertiary/aromatic N) is 1. The number of hydrogen-bond acceptors (Lipinski definition) is 4. The first-order chi connectivity index (χ1) is 10.8. The molecule has 2 atom stereocenters. The molecule has 2 aliphatic carbocycles. The van der Waals surface area contributed by atoms with E-state index in [1.807, 2.05) is 18.2 Å². The SMILES string of the molecule is CON=C1CC2CCC1(CS(=O)(=O)Nc1ccccc1)C2(C)C. The Balaban J connectivity index is 1.91. The molecule has 0 radical (unpaired) electrons. The van der Waals surface area contributed by atoms with E-state index in [-0.39, 0.29) is 11.2 Å². The van der Waals surface area contributed by atoms with Gasteiger partial charge in [-0.3, -0.25) is 4.72 Å². The lowest BCUT2D eigenvalue weighted by Gasteiger charge is -2.37. The van der Waals surface area contributed by atoms with Gasteiger partial charge in [0.25, 0.3) is 0 Å². The van der Waals surface area contributed by atoms with Crippen LogP contribution in [0.1, 0.15) is 33.1 Å². The lowest BCUT2D eigenvalue weighted by molar-refractivity contribution is 0.182. The maximum Gasteiger partial charge on any atom is 0.233 e. The molecule has 2 saturated carbocycles. The average molecular weight is 336 g/mol. The van der Waals surface area contributed by atoms with E-state index in [2.05, 4.69) is 23.7 Å². The number of para-hydroxylation sites is 1. The molecule has 1 aromatic rings. The van der Waals surface area contributed by atoms with Gasteiger partial charge in [-0.15, -0.1) is 0 Å². The summed E-state index contributed by atoms with van der Waals surface area (Å²) in [7, 11) is -1.95. The van der Waals surface area contributed by atoms with Crippen LogP contribution in [0.5, 0.6) is 0 Å². The van der Waals surface area contributed by atoms with Crippen molar-refractivity contribution in [2.45, 2.75) is 33.1 Å². The Kier molecular flexibility index (Phi) is 3.91. The van der Waals surface area contributed by atoms with E-state index in [0.717, 1.165) is 25.0 Å². The fraction of sp³-hybridized carbons (Fsp3) is 0.588. The highest BCUT2D eigenvalue weighted by Crippen LogP contribution is 2.64. The fourth-order valence-electron chi connectivity index (χ4n) is 4.42. The van der Waals surface area contributed by atoms with Crippen molar-refractivity contribution in [2.24, 2.45) is 21.9 Å².